The van der Waals surface area contributed by atoms with Crippen LogP contribution in [0.1, 0.15) is 47.5 Å². The highest BCUT2D eigenvalue weighted by Crippen LogP contribution is 2.28. The molecule has 0 atom stereocenters. The molecule has 0 unspecified atom stereocenters. The third-order valence-electron chi connectivity index (χ3n) is 2.94. The lowest BCUT2D eigenvalue weighted by atomic mass is 9.96. The van der Waals surface area contributed by atoms with E-state index >= 15 is 0 Å². The molecule has 0 amide bonds. The van der Waals surface area contributed by atoms with Crippen molar-refractivity contribution in [2.24, 2.45) is 0 Å². The molecule has 16 heavy (non-hydrogen) atoms. The Labute approximate surface area is 99.9 Å². The summed E-state index contributed by atoms with van der Waals surface area (Å²) in [5.41, 5.74) is 4.05. The molecule has 0 aliphatic carbocycles. The van der Waals surface area contributed by atoms with Crippen LogP contribution in [-0.4, -0.2) is 12.2 Å². The maximum Gasteiger partial charge on any atom is 0.0877 e. The van der Waals surface area contributed by atoms with Crippen molar-refractivity contribution in [1.29, 1.82) is 0 Å². The average molecular weight is 220 g/mol. The molecule has 0 aromatic rings. The predicted molar refractivity (Wildman–Crippen MR) is 70.5 cm³/mol. The highest BCUT2D eigenvalue weighted by atomic mass is 16.5. The molecule has 0 bridgehead atoms. The Morgan fingerprint density at radius 2 is 2.06 bits per heavy atom. The summed E-state index contributed by atoms with van der Waals surface area (Å²) in [5, 5.41) is 0. The summed E-state index contributed by atoms with van der Waals surface area (Å²) >= 11 is 0. The zero-order valence-electron chi connectivity index (χ0n) is 11.3. The van der Waals surface area contributed by atoms with Crippen LogP contribution in [0.25, 0.3) is 0 Å². The van der Waals surface area contributed by atoms with E-state index in [9.17, 15) is 0 Å². The first-order valence-corrected chi connectivity index (χ1v) is 6.07. The van der Waals surface area contributed by atoms with Crippen LogP contribution in [0.15, 0.2) is 34.9 Å². The summed E-state index contributed by atoms with van der Waals surface area (Å²) in [6.07, 6.45) is 9.04. The van der Waals surface area contributed by atoms with Crippen LogP contribution in [-0.2, 0) is 4.74 Å². The normalized spacial score (nSPS) is 19.6. The topological polar surface area (TPSA) is 9.23 Å². The second-order valence-electron chi connectivity index (χ2n) is 5.29. The van der Waals surface area contributed by atoms with E-state index in [-0.39, 0.29) is 5.60 Å². The van der Waals surface area contributed by atoms with Gasteiger partial charge in [0.05, 0.1) is 12.2 Å². The molecule has 0 aromatic heterocycles. The smallest absolute Gasteiger partial charge is 0.0877 e. The molecule has 1 aliphatic rings. The molecular weight excluding hydrogens is 196 g/mol. The van der Waals surface area contributed by atoms with Crippen LogP contribution in [0.3, 0.4) is 0 Å². The van der Waals surface area contributed by atoms with E-state index < -0.39 is 0 Å². The van der Waals surface area contributed by atoms with Crippen LogP contribution in [0.5, 0.6) is 0 Å². The first kappa shape index (κ1) is 13.2. The van der Waals surface area contributed by atoms with Gasteiger partial charge in [0, 0.05) is 0 Å². The van der Waals surface area contributed by atoms with Gasteiger partial charge in [-0.1, -0.05) is 29.4 Å². The fourth-order valence-corrected chi connectivity index (χ4v) is 1.83. The fourth-order valence-electron chi connectivity index (χ4n) is 1.83. The molecule has 0 spiro atoms. The number of ether oxygens (including phenoxy) is 1. The minimum absolute atomic E-state index is 0.0994. The standard InChI is InChI=1S/C15H24O/c1-12(2)7-6-8-13(3)11-14-9-10-16-15(14,4)5/h7,9,11H,6,8,10H2,1-5H3/b13-11+. The first-order chi connectivity index (χ1) is 7.42. The molecular formula is C15H24O. The predicted octanol–water partition coefficient (Wildman–Crippen LogP) is 4.41. The third-order valence-corrected chi connectivity index (χ3v) is 2.94. The van der Waals surface area contributed by atoms with E-state index in [1.165, 1.54) is 16.7 Å². The van der Waals surface area contributed by atoms with Crippen LogP contribution in [0.2, 0.25) is 0 Å². The molecule has 0 fully saturated rings. The monoisotopic (exact) mass is 220 g/mol. The van der Waals surface area contributed by atoms with Crippen molar-refractivity contribution in [2.75, 3.05) is 6.61 Å². The van der Waals surface area contributed by atoms with Gasteiger partial charge in [-0.05, 0) is 53.0 Å². The average Bonchev–Trinajstić information content (AvgIpc) is 2.45. The second kappa shape index (κ2) is 5.49. The van der Waals surface area contributed by atoms with Gasteiger partial charge >= 0.3 is 0 Å². The minimum atomic E-state index is -0.0994. The fraction of sp³-hybridized carbons (Fsp3) is 0.600. The van der Waals surface area contributed by atoms with E-state index in [1.807, 2.05) is 0 Å². The molecule has 0 saturated carbocycles. The van der Waals surface area contributed by atoms with E-state index in [1.54, 1.807) is 0 Å². The van der Waals surface area contributed by atoms with Crippen molar-refractivity contribution in [3.05, 3.63) is 34.9 Å². The molecule has 0 N–H and O–H groups in total. The summed E-state index contributed by atoms with van der Waals surface area (Å²) < 4.78 is 5.65. The van der Waals surface area contributed by atoms with Gasteiger partial charge in [-0.25, -0.2) is 0 Å². The molecule has 1 aliphatic heterocycles. The number of hydrogen-bond acceptors (Lipinski definition) is 1. The van der Waals surface area contributed by atoms with Crippen molar-refractivity contribution in [1.82, 2.24) is 0 Å². The molecule has 0 saturated heterocycles. The van der Waals surface area contributed by atoms with E-state index in [0.29, 0.717) is 0 Å². The van der Waals surface area contributed by atoms with E-state index in [2.05, 4.69) is 52.8 Å². The molecule has 0 aromatic carbocycles. The quantitative estimate of drug-likeness (QED) is 0.637. The van der Waals surface area contributed by atoms with Gasteiger partial charge in [0.15, 0.2) is 0 Å². The van der Waals surface area contributed by atoms with Gasteiger partial charge in [0.2, 0.25) is 0 Å². The van der Waals surface area contributed by atoms with Crippen LogP contribution in [0.4, 0.5) is 0 Å². The van der Waals surface area contributed by atoms with E-state index in [4.69, 9.17) is 4.74 Å². The Bertz CT molecular complexity index is 325. The number of hydrogen-bond donors (Lipinski definition) is 0. The maximum atomic E-state index is 5.65. The lowest BCUT2D eigenvalue weighted by Crippen LogP contribution is -2.21. The summed E-state index contributed by atoms with van der Waals surface area (Å²) in [7, 11) is 0. The molecule has 0 radical (unpaired) electrons. The van der Waals surface area contributed by atoms with Crippen LogP contribution < -0.4 is 0 Å². The maximum absolute atomic E-state index is 5.65. The Morgan fingerprint density at radius 1 is 1.38 bits per heavy atom. The third kappa shape index (κ3) is 3.97. The summed E-state index contributed by atoms with van der Waals surface area (Å²) in [6, 6.07) is 0. The highest BCUT2D eigenvalue weighted by molar-refractivity contribution is 5.33. The Hall–Kier alpha value is -0.820. The SMILES string of the molecule is CC(C)=CCC/C(C)=C/C1=CCOC1(C)C. The molecule has 1 rings (SSSR count). The number of rotatable bonds is 4. The Kier molecular flexibility index (Phi) is 4.55. The van der Waals surface area contributed by atoms with Crippen molar-refractivity contribution in [2.45, 2.75) is 53.1 Å². The van der Waals surface area contributed by atoms with Crippen molar-refractivity contribution in [3.8, 4) is 0 Å². The molecule has 1 heteroatoms. The van der Waals surface area contributed by atoms with Gasteiger partial charge in [-0.15, -0.1) is 0 Å². The van der Waals surface area contributed by atoms with Gasteiger partial charge in [-0.3, -0.25) is 0 Å². The Morgan fingerprint density at radius 3 is 2.56 bits per heavy atom. The minimum Gasteiger partial charge on any atom is -0.367 e. The lowest BCUT2D eigenvalue weighted by molar-refractivity contribution is 0.0521. The van der Waals surface area contributed by atoms with Crippen molar-refractivity contribution in [3.63, 3.8) is 0 Å². The second-order valence-corrected chi connectivity index (χ2v) is 5.29. The molecule has 90 valence electrons. The Balaban J connectivity index is 2.54. The molecule has 1 nitrogen and oxygen atoms in total. The van der Waals surface area contributed by atoms with Gasteiger partial charge in [0.1, 0.15) is 0 Å². The number of allylic oxidation sites excluding steroid dienone is 3. The largest absolute Gasteiger partial charge is 0.367 e. The van der Waals surface area contributed by atoms with Crippen LogP contribution >= 0.6 is 0 Å². The van der Waals surface area contributed by atoms with Crippen molar-refractivity contribution < 1.29 is 4.74 Å². The molecule has 1 heterocycles. The summed E-state index contributed by atoms with van der Waals surface area (Å²) in [5.74, 6) is 0. The lowest BCUT2D eigenvalue weighted by Gasteiger charge is -2.20. The van der Waals surface area contributed by atoms with E-state index in [0.717, 1.165) is 19.4 Å². The van der Waals surface area contributed by atoms with Gasteiger partial charge in [-0.2, -0.15) is 0 Å². The summed E-state index contributed by atoms with van der Waals surface area (Å²) in [6.45, 7) is 11.5. The van der Waals surface area contributed by atoms with Crippen LogP contribution in [0, 0.1) is 0 Å². The summed E-state index contributed by atoms with van der Waals surface area (Å²) in [4.78, 5) is 0. The first-order valence-electron chi connectivity index (χ1n) is 6.07. The zero-order chi connectivity index (χ0) is 12.2. The zero-order valence-corrected chi connectivity index (χ0v) is 11.3. The van der Waals surface area contributed by atoms with Gasteiger partial charge in [0.25, 0.3) is 0 Å². The highest BCUT2D eigenvalue weighted by Gasteiger charge is 2.26. The van der Waals surface area contributed by atoms with Crippen molar-refractivity contribution >= 4 is 0 Å². The van der Waals surface area contributed by atoms with Gasteiger partial charge < -0.3 is 4.74 Å².